The van der Waals surface area contributed by atoms with Crippen molar-refractivity contribution in [1.29, 1.82) is 0 Å². The molecule has 0 radical (unpaired) electrons. The minimum Gasteiger partial charge on any atom is -0.339 e. The summed E-state index contributed by atoms with van der Waals surface area (Å²) in [7, 11) is 0. The van der Waals surface area contributed by atoms with Crippen LogP contribution in [0.1, 0.15) is 62.2 Å². The monoisotopic (exact) mass is 353 g/mol. The molecule has 1 aliphatic heterocycles. The molecule has 1 aromatic heterocycles. The van der Waals surface area contributed by atoms with Crippen LogP contribution in [0.5, 0.6) is 0 Å². The Morgan fingerprint density at radius 1 is 1.12 bits per heavy atom. The summed E-state index contributed by atoms with van der Waals surface area (Å²) in [4.78, 5) is 19.4. The first-order chi connectivity index (χ1) is 12.8. The van der Waals surface area contributed by atoms with Gasteiger partial charge in [0.2, 0.25) is 11.8 Å². The summed E-state index contributed by atoms with van der Waals surface area (Å²) in [6.07, 6.45) is 9.17. The molecule has 5 nitrogen and oxygen atoms in total. The molecule has 2 aromatic rings. The number of likely N-dealkylation sites (tertiary alicyclic amines) is 1. The van der Waals surface area contributed by atoms with Gasteiger partial charge in [-0.1, -0.05) is 48.3 Å². The molecule has 1 saturated carbocycles. The zero-order chi connectivity index (χ0) is 17.8. The molecule has 5 heteroatoms. The molecule has 2 unspecified atom stereocenters. The quantitative estimate of drug-likeness (QED) is 0.821. The number of amides is 1. The molecule has 0 bridgehead atoms. The maximum absolute atomic E-state index is 12.8. The van der Waals surface area contributed by atoms with Gasteiger partial charge >= 0.3 is 0 Å². The lowest BCUT2D eigenvalue weighted by Gasteiger charge is -2.44. The average molecular weight is 353 g/mol. The lowest BCUT2D eigenvalue weighted by Crippen LogP contribution is -2.49. The van der Waals surface area contributed by atoms with E-state index in [1.165, 1.54) is 32.1 Å². The molecule has 1 aromatic carbocycles. The van der Waals surface area contributed by atoms with Gasteiger partial charge in [0.25, 0.3) is 0 Å². The number of hydrogen-bond acceptors (Lipinski definition) is 4. The number of piperidine rings is 1. The summed E-state index contributed by atoms with van der Waals surface area (Å²) in [6, 6.07) is 10.6. The van der Waals surface area contributed by atoms with Crippen LogP contribution in [0.3, 0.4) is 0 Å². The van der Waals surface area contributed by atoms with Crippen LogP contribution in [0.25, 0.3) is 0 Å². The molecule has 1 amide bonds. The molecule has 0 spiro atoms. The van der Waals surface area contributed by atoms with E-state index in [-0.39, 0.29) is 5.91 Å². The summed E-state index contributed by atoms with van der Waals surface area (Å²) < 4.78 is 5.35. The van der Waals surface area contributed by atoms with Crippen LogP contribution in [-0.4, -0.2) is 33.5 Å². The van der Waals surface area contributed by atoms with E-state index in [0.717, 1.165) is 24.4 Å². The van der Waals surface area contributed by atoms with Crippen LogP contribution >= 0.6 is 0 Å². The number of aryl methyl sites for hydroxylation is 1. The van der Waals surface area contributed by atoms with Crippen LogP contribution in [0, 0.1) is 5.92 Å². The lowest BCUT2D eigenvalue weighted by atomic mass is 9.78. The van der Waals surface area contributed by atoms with Crippen LogP contribution in [-0.2, 0) is 17.6 Å². The van der Waals surface area contributed by atoms with Crippen molar-refractivity contribution in [3.63, 3.8) is 0 Å². The van der Waals surface area contributed by atoms with Crippen LogP contribution in [0.15, 0.2) is 34.9 Å². The number of carbonyl (C=O) groups is 1. The predicted octanol–water partition coefficient (Wildman–Crippen LogP) is 3.77. The van der Waals surface area contributed by atoms with Crippen molar-refractivity contribution in [3.05, 3.63) is 47.6 Å². The Kier molecular flexibility index (Phi) is 5.32. The van der Waals surface area contributed by atoms with Crippen LogP contribution < -0.4 is 0 Å². The molecule has 4 rings (SSSR count). The standard InChI is InChI=1S/C21H27N3O2/c25-21(24-14-6-10-17-9-4-5-11-18(17)24)13-12-20-22-19(23-26-20)15-16-7-2-1-3-8-16/h1-3,7-8,17-18H,4-6,9-15H2. The van der Waals surface area contributed by atoms with E-state index in [1.807, 2.05) is 18.2 Å². The Morgan fingerprint density at radius 3 is 2.81 bits per heavy atom. The van der Waals surface area contributed by atoms with Gasteiger partial charge in [-0.2, -0.15) is 4.98 Å². The Labute approximate surface area is 154 Å². The normalized spacial score (nSPS) is 22.8. The summed E-state index contributed by atoms with van der Waals surface area (Å²) in [5.74, 6) is 2.23. The molecule has 2 aliphatic rings. The van der Waals surface area contributed by atoms with Crippen molar-refractivity contribution < 1.29 is 9.32 Å². The number of aromatic nitrogens is 2. The summed E-state index contributed by atoms with van der Waals surface area (Å²) in [6.45, 7) is 0.920. The minimum absolute atomic E-state index is 0.254. The molecule has 26 heavy (non-hydrogen) atoms. The number of fused-ring (bicyclic) bond motifs is 1. The summed E-state index contributed by atoms with van der Waals surface area (Å²) in [5, 5.41) is 4.06. The number of rotatable bonds is 5. The maximum Gasteiger partial charge on any atom is 0.227 e. The first kappa shape index (κ1) is 17.3. The summed E-state index contributed by atoms with van der Waals surface area (Å²) in [5.41, 5.74) is 1.16. The van der Waals surface area contributed by atoms with Crippen LogP contribution in [0.4, 0.5) is 0 Å². The van der Waals surface area contributed by atoms with E-state index in [4.69, 9.17) is 4.52 Å². The maximum atomic E-state index is 12.8. The highest BCUT2D eigenvalue weighted by Crippen LogP contribution is 2.35. The Bertz CT molecular complexity index is 726. The molecule has 2 heterocycles. The third kappa shape index (κ3) is 3.97. The van der Waals surface area contributed by atoms with Gasteiger partial charge in [-0.3, -0.25) is 4.79 Å². The van der Waals surface area contributed by atoms with Crippen LogP contribution in [0.2, 0.25) is 0 Å². The highest BCUT2D eigenvalue weighted by molar-refractivity contribution is 5.76. The summed E-state index contributed by atoms with van der Waals surface area (Å²) >= 11 is 0. The van der Waals surface area contributed by atoms with Crippen molar-refractivity contribution in [3.8, 4) is 0 Å². The van der Waals surface area contributed by atoms with E-state index < -0.39 is 0 Å². The highest BCUT2D eigenvalue weighted by atomic mass is 16.5. The third-order valence-electron chi connectivity index (χ3n) is 5.83. The molecule has 2 atom stereocenters. The Hall–Kier alpha value is -2.17. The van der Waals surface area contributed by atoms with Gasteiger partial charge in [0, 0.05) is 31.8 Å². The molecule has 1 saturated heterocycles. The van der Waals surface area contributed by atoms with Crippen molar-refractivity contribution in [2.45, 2.75) is 63.8 Å². The third-order valence-corrected chi connectivity index (χ3v) is 5.83. The molecular formula is C21H27N3O2. The van der Waals surface area contributed by atoms with Gasteiger partial charge in [-0.15, -0.1) is 0 Å². The smallest absolute Gasteiger partial charge is 0.227 e. The second-order valence-corrected chi connectivity index (χ2v) is 7.61. The zero-order valence-corrected chi connectivity index (χ0v) is 15.3. The van der Waals surface area contributed by atoms with Crippen molar-refractivity contribution in [2.75, 3.05) is 6.54 Å². The highest BCUT2D eigenvalue weighted by Gasteiger charge is 2.35. The van der Waals surface area contributed by atoms with Crippen molar-refractivity contribution >= 4 is 5.91 Å². The molecule has 2 fully saturated rings. The largest absolute Gasteiger partial charge is 0.339 e. The fourth-order valence-electron chi connectivity index (χ4n) is 4.53. The second kappa shape index (κ2) is 8.02. The number of hydrogen-bond donors (Lipinski definition) is 0. The topological polar surface area (TPSA) is 59.2 Å². The first-order valence-electron chi connectivity index (χ1n) is 9.94. The van der Waals surface area contributed by atoms with E-state index in [9.17, 15) is 4.79 Å². The van der Waals surface area contributed by atoms with Crippen molar-refractivity contribution in [2.24, 2.45) is 5.92 Å². The fourth-order valence-corrected chi connectivity index (χ4v) is 4.53. The van der Waals surface area contributed by atoms with Gasteiger partial charge in [-0.25, -0.2) is 0 Å². The number of benzene rings is 1. The second-order valence-electron chi connectivity index (χ2n) is 7.61. The molecule has 0 N–H and O–H groups in total. The zero-order valence-electron chi connectivity index (χ0n) is 15.3. The van der Waals surface area contributed by atoms with Gasteiger partial charge in [0.15, 0.2) is 5.82 Å². The van der Waals surface area contributed by atoms with Gasteiger partial charge in [-0.05, 0) is 37.2 Å². The fraction of sp³-hybridized carbons (Fsp3) is 0.571. The van der Waals surface area contributed by atoms with E-state index >= 15 is 0 Å². The molecule has 1 aliphatic carbocycles. The molecular weight excluding hydrogens is 326 g/mol. The van der Waals surface area contributed by atoms with Gasteiger partial charge < -0.3 is 9.42 Å². The number of nitrogens with zero attached hydrogens (tertiary/aromatic N) is 3. The molecule has 138 valence electrons. The van der Waals surface area contributed by atoms with E-state index in [1.54, 1.807) is 0 Å². The first-order valence-corrected chi connectivity index (χ1v) is 9.94. The minimum atomic E-state index is 0.254. The Morgan fingerprint density at radius 2 is 1.92 bits per heavy atom. The predicted molar refractivity (Wildman–Crippen MR) is 98.6 cm³/mol. The van der Waals surface area contributed by atoms with E-state index in [2.05, 4.69) is 27.2 Å². The van der Waals surface area contributed by atoms with E-state index in [0.29, 0.717) is 37.0 Å². The lowest BCUT2D eigenvalue weighted by molar-refractivity contribution is -0.137. The SMILES string of the molecule is O=C(CCc1nc(Cc2ccccc2)no1)N1CCCC2CCCCC21. The number of carbonyl (C=O) groups excluding carboxylic acids is 1. The van der Waals surface area contributed by atoms with Crippen molar-refractivity contribution in [1.82, 2.24) is 15.0 Å². The average Bonchev–Trinajstić information content (AvgIpc) is 3.14. The van der Waals surface area contributed by atoms with Gasteiger partial charge in [0.1, 0.15) is 0 Å². The Balaban J connectivity index is 1.31. The van der Waals surface area contributed by atoms with Gasteiger partial charge in [0.05, 0.1) is 0 Å².